The zero-order valence-electron chi connectivity index (χ0n) is 13.6. The Labute approximate surface area is 128 Å². The van der Waals surface area contributed by atoms with E-state index in [0.717, 1.165) is 30.6 Å². The Bertz CT molecular complexity index is 618. The van der Waals surface area contributed by atoms with Gasteiger partial charge in [0.25, 0.3) is 0 Å². The lowest BCUT2D eigenvalue weighted by Crippen LogP contribution is -2.43. The van der Waals surface area contributed by atoms with Gasteiger partial charge in [0.1, 0.15) is 0 Å². The van der Waals surface area contributed by atoms with E-state index in [1.165, 1.54) is 4.31 Å². The summed E-state index contributed by atoms with van der Waals surface area (Å²) in [6.07, 6.45) is 1.79. The van der Waals surface area contributed by atoms with E-state index in [0.29, 0.717) is 4.90 Å². The molecule has 0 saturated heterocycles. The fourth-order valence-electron chi connectivity index (χ4n) is 2.63. The molecule has 1 aromatic rings. The summed E-state index contributed by atoms with van der Waals surface area (Å²) in [5.41, 5.74) is 1.78. The average molecular weight is 310 g/mol. The van der Waals surface area contributed by atoms with Gasteiger partial charge in [-0.05, 0) is 42.9 Å². The molecule has 1 aliphatic rings. The summed E-state index contributed by atoms with van der Waals surface area (Å²) >= 11 is 0. The number of benzene rings is 1. The zero-order valence-corrected chi connectivity index (χ0v) is 14.4. The molecule has 4 nitrogen and oxygen atoms in total. The highest BCUT2D eigenvalue weighted by molar-refractivity contribution is 7.89. The number of hydrogen-bond acceptors (Lipinski definition) is 3. The van der Waals surface area contributed by atoms with Gasteiger partial charge in [0.15, 0.2) is 0 Å². The van der Waals surface area contributed by atoms with Crippen molar-refractivity contribution in [2.24, 2.45) is 5.41 Å². The molecular formula is C16H26N2O2S. The van der Waals surface area contributed by atoms with Crippen molar-refractivity contribution in [1.29, 1.82) is 0 Å². The molecule has 1 aliphatic heterocycles. The molecule has 5 heteroatoms. The minimum absolute atomic E-state index is 0.0742. The van der Waals surface area contributed by atoms with Crippen LogP contribution in [0.5, 0.6) is 0 Å². The summed E-state index contributed by atoms with van der Waals surface area (Å²) in [5.74, 6) is 0. The van der Waals surface area contributed by atoms with E-state index in [4.69, 9.17) is 0 Å². The van der Waals surface area contributed by atoms with Crippen LogP contribution in [0.1, 0.15) is 39.7 Å². The lowest BCUT2D eigenvalue weighted by molar-refractivity contribution is 0.216. The minimum Gasteiger partial charge on any atom is -0.385 e. The Morgan fingerprint density at radius 3 is 2.57 bits per heavy atom. The number of hydrogen-bond donors (Lipinski definition) is 1. The van der Waals surface area contributed by atoms with Gasteiger partial charge in [0, 0.05) is 25.3 Å². The maximum atomic E-state index is 13.0. The zero-order chi connectivity index (χ0) is 15.8. The normalized spacial score (nSPS) is 17.2. The standard InChI is InChI=1S/C16H26N2O2S/c1-12(16(2,3)4)18(5)21(19,20)15-10-6-9-14-13(15)8-7-11-17-14/h6,9-10,12,17H,7-8,11H2,1-5H3. The average Bonchev–Trinajstić information content (AvgIpc) is 2.44. The van der Waals surface area contributed by atoms with E-state index in [-0.39, 0.29) is 11.5 Å². The van der Waals surface area contributed by atoms with E-state index < -0.39 is 10.0 Å². The minimum atomic E-state index is -3.47. The van der Waals surface area contributed by atoms with E-state index in [1.54, 1.807) is 13.1 Å². The highest BCUT2D eigenvalue weighted by Crippen LogP contribution is 2.33. The van der Waals surface area contributed by atoms with Crippen LogP contribution in [-0.4, -0.2) is 32.4 Å². The number of nitrogens with zero attached hydrogens (tertiary/aromatic N) is 1. The Morgan fingerprint density at radius 1 is 1.29 bits per heavy atom. The molecule has 0 spiro atoms. The number of rotatable bonds is 3. The molecule has 0 saturated carbocycles. The Morgan fingerprint density at radius 2 is 1.95 bits per heavy atom. The van der Waals surface area contributed by atoms with Gasteiger partial charge >= 0.3 is 0 Å². The maximum absolute atomic E-state index is 13.0. The van der Waals surface area contributed by atoms with Crippen LogP contribution >= 0.6 is 0 Å². The Kier molecular flexibility index (Phi) is 4.36. The number of fused-ring (bicyclic) bond motifs is 1. The van der Waals surface area contributed by atoms with Crippen LogP contribution < -0.4 is 5.32 Å². The molecule has 0 aliphatic carbocycles. The van der Waals surface area contributed by atoms with Crippen LogP contribution in [0, 0.1) is 5.41 Å². The highest BCUT2D eigenvalue weighted by Gasteiger charge is 2.34. The maximum Gasteiger partial charge on any atom is 0.243 e. The highest BCUT2D eigenvalue weighted by atomic mass is 32.2. The summed E-state index contributed by atoms with van der Waals surface area (Å²) in [6.45, 7) is 9.05. The van der Waals surface area contributed by atoms with E-state index >= 15 is 0 Å². The predicted molar refractivity (Wildman–Crippen MR) is 87.1 cm³/mol. The third kappa shape index (κ3) is 3.09. The van der Waals surface area contributed by atoms with Crippen molar-refractivity contribution in [3.05, 3.63) is 23.8 Å². The smallest absolute Gasteiger partial charge is 0.243 e. The predicted octanol–water partition coefficient (Wildman–Crippen LogP) is 3.10. The molecule has 118 valence electrons. The molecule has 0 aromatic heterocycles. The third-order valence-corrected chi connectivity index (χ3v) is 6.52. The molecule has 0 amide bonds. The van der Waals surface area contributed by atoms with Gasteiger partial charge in [-0.1, -0.05) is 26.8 Å². The van der Waals surface area contributed by atoms with Gasteiger partial charge in [-0.3, -0.25) is 0 Å². The summed E-state index contributed by atoms with van der Waals surface area (Å²) in [6, 6.07) is 5.43. The first-order chi connectivity index (χ1) is 9.65. The summed E-state index contributed by atoms with van der Waals surface area (Å²) < 4.78 is 27.5. The van der Waals surface area contributed by atoms with Gasteiger partial charge in [-0.25, -0.2) is 8.42 Å². The summed E-state index contributed by atoms with van der Waals surface area (Å²) in [5, 5.41) is 3.29. The lowest BCUT2D eigenvalue weighted by Gasteiger charge is -2.35. The van der Waals surface area contributed by atoms with Crippen molar-refractivity contribution in [3.63, 3.8) is 0 Å². The second-order valence-electron chi connectivity index (χ2n) is 6.88. The molecule has 0 bridgehead atoms. The number of sulfonamides is 1. The summed E-state index contributed by atoms with van der Waals surface area (Å²) in [7, 11) is -1.79. The molecule has 1 N–H and O–H groups in total. The van der Waals surface area contributed by atoms with Gasteiger partial charge in [-0.15, -0.1) is 0 Å². The quantitative estimate of drug-likeness (QED) is 0.933. The van der Waals surface area contributed by atoms with Crippen LogP contribution in [0.2, 0.25) is 0 Å². The fourth-order valence-corrected chi connectivity index (χ4v) is 4.44. The molecule has 0 fully saturated rings. The Hall–Kier alpha value is -1.07. The van der Waals surface area contributed by atoms with Crippen LogP contribution in [0.3, 0.4) is 0 Å². The van der Waals surface area contributed by atoms with Gasteiger partial charge in [0.2, 0.25) is 10.0 Å². The first-order valence-electron chi connectivity index (χ1n) is 7.49. The second kappa shape index (κ2) is 5.61. The van der Waals surface area contributed by atoms with Crippen molar-refractivity contribution in [2.45, 2.75) is 51.5 Å². The Balaban J connectivity index is 2.45. The number of anilines is 1. The fraction of sp³-hybridized carbons (Fsp3) is 0.625. The molecule has 1 heterocycles. The van der Waals surface area contributed by atoms with Gasteiger partial charge in [-0.2, -0.15) is 4.31 Å². The monoisotopic (exact) mass is 310 g/mol. The largest absolute Gasteiger partial charge is 0.385 e. The third-order valence-electron chi connectivity index (χ3n) is 4.51. The SMILES string of the molecule is CC(N(C)S(=O)(=O)c1cccc2c1CCCN2)C(C)(C)C. The van der Waals surface area contributed by atoms with Crippen LogP contribution in [0.25, 0.3) is 0 Å². The van der Waals surface area contributed by atoms with Crippen molar-refractivity contribution in [3.8, 4) is 0 Å². The van der Waals surface area contributed by atoms with E-state index in [2.05, 4.69) is 26.1 Å². The van der Waals surface area contributed by atoms with Crippen LogP contribution in [-0.2, 0) is 16.4 Å². The molecule has 2 rings (SSSR count). The molecule has 0 radical (unpaired) electrons. The first kappa shape index (κ1) is 16.3. The van der Waals surface area contributed by atoms with Crippen molar-refractivity contribution >= 4 is 15.7 Å². The van der Waals surface area contributed by atoms with Gasteiger partial charge < -0.3 is 5.32 Å². The van der Waals surface area contributed by atoms with Crippen LogP contribution in [0.15, 0.2) is 23.1 Å². The first-order valence-corrected chi connectivity index (χ1v) is 8.93. The molecule has 1 unspecified atom stereocenters. The van der Waals surface area contributed by atoms with Crippen LogP contribution in [0.4, 0.5) is 5.69 Å². The lowest BCUT2D eigenvalue weighted by atomic mass is 9.88. The molecule has 1 atom stereocenters. The molecular weight excluding hydrogens is 284 g/mol. The summed E-state index contributed by atoms with van der Waals surface area (Å²) in [4.78, 5) is 0.450. The molecule has 1 aromatic carbocycles. The second-order valence-corrected chi connectivity index (χ2v) is 8.84. The van der Waals surface area contributed by atoms with Crippen molar-refractivity contribution < 1.29 is 8.42 Å². The molecule has 21 heavy (non-hydrogen) atoms. The van der Waals surface area contributed by atoms with E-state index in [1.807, 2.05) is 19.1 Å². The van der Waals surface area contributed by atoms with Crippen molar-refractivity contribution in [2.75, 3.05) is 18.9 Å². The van der Waals surface area contributed by atoms with E-state index in [9.17, 15) is 8.42 Å². The number of nitrogens with one attached hydrogen (secondary N) is 1. The topological polar surface area (TPSA) is 49.4 Å². The van der Waals surface area contributed by atoms with Gasteiger partial charge in [0.05, 0.1) is 4.90 Å². The van der Waals surface area contributed by atoms with Crippen molar-refractivity contribution in [1.82, 2.24) is 4.31 Å².